The molecule has 1 rings (SSSR count). The summed E-state index contributed by atoms with van der Waals surface area (Å²) in [4.78, 5) is 14.5. The van der Waals surface area contributed by atoms with E-state index in [-0.39, 0.29) is 5.91 Å². The van der Waals surface area contributed by atoms with Crippen molar-refractivity contribution in [1.82, 2.24) is 4.90 Å². The van der Waals surface area contributed by atoms with Crippen LogP contribution in [0.1, 0.15) is 140 Å². The molecule has 0 saturated carbocycles. The van der Waals surface area contributed by atoms with Crippen LogP contribution in [-0.4, -0.2) is 23.9 Å². The second-order valence-electron chi connectivity index (χ2n) is 8.93. The summed E-state index contributed by atoms with van der Waals surface area (Å²) in [7, 11) is 0. The van der Waals surface area contributed by atoms with E-state index in [1.54, 1.807) is 18.4 Å². The van der Waals surface area contributed by atoms with E-state index in [0.717, 1.165) is 32.4 Å². The largest absolute Gasteiger partial charge is 0.459 e. The number of carbonyl (C=O) groups excluding carboxylic acids is 1. The van der Waals surface area contributed by atoms with E-state index in [0.29, 0.717) is 5.76 Å². The molecule has 174 valence electrons. The molecule has 0 fully saturated rings. The first-order valence-corrected chi connectivity index (χ1v) is 13.1. The maximum Gasteiger partial charge on any atom is 0.289 e. The third-order valence-electron chi connectivity index (χ3n) is 6.08. The second-order valence-corrected chi connectivity index (χ2v) is 8.93. The molecule has 3 nitrogen and oxygen atoms in total. The Labute approximate surface area is 187 Å². The van der Waals surface area contributed by atoms with Gasteiger partial charge in [-0.2, -0.15) is 0 Å². The molecule has 0 N–H and O–H groups in total. The van der Waals surface area contributed by atoms with E-state index >= 15 is 0 Å². The lowest BCUT2D eigenvalue weighted by atomic mass is 10.0. The van der Waals surface area contributed by atoms with Crippen molar-refractivity contribution in [3.8, 4) is 0 Å². The van der Waals surface area contributed by atoms with Crippen LogP contribution >= 0.6 is 0 Å². The summed E-state index contributed by atoms with van der Waals surface area (Å²) in [6, 6.07) is 3.56. The van der Waals surface area contributed by atoms with Crippen molar-refractivity contribution in [3.05, 3.63) is 24.2 Å². The zero-order chi connectivity index (χ0) is 21.7. The van der Waals surface area contributed by atoms with Gasteiger partial charge < -0.3 is 9.32 Å². The molecular formula is C27H49NO2. The zero-order valence-electron chi connectivity index (χ0n) is 20.1. The fraction of sp³-hybridized carbons (Fsp3) is 0.815. The molecule has 0 aliphatic rings. The summed E-state index contributed by atoms with van der Waals surface area (Å²) in [5.41, 5.74) is 0. The lowest BCUT2D eigenvalue weighted by Crippen LogP contribution is -2.32. The molecule has 0 aliphatic heterocycles. The van der Waals surface area contributed by atoms with Crippen molar-refractivity contribution in [1.29, 1.82) is 0 Å². The van der Waals surface area contributed by atoms with Crippen LogP contribution in [0.25, 0.3) is 0 Å². The molecule has 0 aromatic carbocycles. The Morgan fingerprint density at radius 2 is 1.10 bits per heavy atom. The van der Waals surface area contributed by atoms with Crippen LogP contribution in [0.3, 0.4) is 0 Å². The van der Waals surface area contributed by atoms with Gasteiger partial charge in [-0.15, -0.1) is 0 Å². The predicted molar refractivity (Wildman–Crippen MR) is 129 cm³/mol. The first kappa shape index (κ1) is 26.8. The Kier molecular flexibility index (Phi) is 17.6. The summed E-state index contributed by atoms with van der Waals surface area (Å²) in [5.74, 6) is 0.525. The Hall–Kier alpha value is -1.25. The summed E-state index contributed by atoms with van der Waals surface area (Å²) < 4.78 is 5.30. The van der Waals surface area contributed by atoms with Gasteiger partial charge in [-0.05, 0) is 25.0 Å². The maximum absolute atomic E-state index is 12.5. The quantitative estimate of drug-likeness (QED) is 0.186. The normalized spacial score (nSPS) is 11.1. The highest BCUT2D eigenvalue weighted by atomic mass is 16.3. The number of hydrogen-bond acceptors (Lipinski definition) is 2. The van der Waals surface area contributed by atoms with Gasteiger partial charge in [-0.3, -0.25) is 4.79 Å². The molecule has 0 spiro atoms. The molecule has 1 heterocycles. The fourth-order valence-corrected chi connectivity index (χ4v) is 4.07. The van der Waals surface area contributed by atoms with Crippen LogP contribution in [0, 0.1) is 0 Å². The molecule has 0 aliphatic carbocycles. The van der Waals surface area contributed by atoms with Gasteiger partial charge in [-0.25, -0.2) is 0 Å². The van der Waals surface area contributed by atoms with Crippen molar-refractivity contribution >= 4 is 5.91 Å². The van der Waals surface area contributed by atoms with E-state index in [2.05, 4.69) is 13.8 Å². The summed E-state index contributed by atoms with van der Waals surface area (Å²) in [6.07, 6.45) is 25.8. The van der Waals surface area contributed by atoms with Crippen molar-refractivity contribution < 1.29 is 9.21 Å². The van der Waals surface area contributed by atoms with Crippen LogP contribution in [0.4, 0.5) is 0 Å². The molecule has 1 amide bonds. The molecule has 0 unspecified atom stereocenters. The number of nitrogens with zero attached hydrogens (tertiary/aromatic N) is 1. The minimum absolute atomic E-state index is 0.0504. The van der Waals surface area contributed by atoms with Gasteiger partial charge in [0.2, 0.25) is 0 Å². The van der Waals surface area contributed by atoms with Gasteiger partial charge >= 0.3 is 0 Å². The van der Waals surface area contributed by atoms with Gasteiger partial charge in [0.15, 0.2) is 5.76 Å². The average Bonchev–Trinajstić information content (AvgIpc) is 3.30. The highest BCUT2D eigenvalue weighted by Gasteiger charge is 2.17. The topological polar surface area (TPSA) is 33.5 Å². The molecule has 0 radical (unpaired) electrons. The van der Waals surface area contributed by atoms with Crippen LogP contribution < -0.4 is 0 Å². The Balaban J connectivity index is 1.93. The fourth-order valence-electron chi connectivity index (χ4n) is 4.07. The summed E-state index contributed by atoms with van der Waals surface area (Å²) in [6.45, 7) is 6.16. The molecular weight excluding hydrogens is 370 g/mol. The zero-order valence-corrected chi connectivity index (χ0v) is 20.1. The van der Waals surface area contributed by atoms with Crippen molar-refractivity contribution in [3.63, 3.8) is 0 Å². The summed E-state index contributed by atoms with van der Waals surface area (Å²) in [5, 5.41) is 0. The van der Waals surface area contributed by atoms with Crippen molar-refractivity contribution in [2.75, 3.05) is 13.1 Å². The van der Waals surface area contributed by atoms with E-state index in [1.165, 1.54) is 96.3 Å². The standard InChI is InChI=1S/C27H49NO2/c1-3-5-7-8-9-10-11-12-13-14-15-16-17-18-19-20-24-28(23-6-4-2)27(29)26-22-21-25-30-26/h21-22,25H,3-20,23-24H2,1-2H3. The minimum atomic E-state index is 0.0504. The van der Waals surface area contributed by atoms with E-state index in [4.69, 9.17) is 4.42 Å². The number of amides is 1. The third kappa shape index (κ3) is 13.9. The maximum atomic E-state index is 12.5. The van der Waals surface area contributed by atoms with Crippen LogP contribution in [-0.2, 0) is 0 Å². The van der Waals surface area contributed by atoms with E-state index in [1.807, 2.05) is 4.90 Å². The molecule has 0 saturated heterocycles. The molecule has 30 heavy (non-hydrogen) atoms. The van der Waals surface area contributed by atoms with Gasteiger partial charge in [0.25, 0.3) is 5.91 Å². The van der Waals surface area contributed by atoms with Crippen LogP contribution in [0.2, 0.25) is 0 Å². The molecule has 0 atom stereocenters. The first-order chi connectivity index (χ1) is 14.8. The monoisotopic (exact) mass is 419 g/mol. The minimum Gasteiger partial charge on any atom is -0.459 e. The number of unbranched alkanes of at least 4 members (excludes halogenated alkanes) is 16. The Morgan fingerprint density at radius 3 is 1.53 bits per heavy atom. The van der Waals surface area contributed by atoms with Gasteiger partial charge in [0.05, 0.1) is 6.26 Å². The molecule has 3 heteroatoms. The second kappa shape index (κ2) is 19.7. The number of hydrogen-bond donors (Lipinski definition) is 0. The SMILES string of the molecule is CCCCCCCCCCCCCCCCCCN(CCCC)C(=O)c1ccco1. The number of rotatable bonds is 21. The van der Waals surface area contributed by atoms with Gasteiger partial charge in [0, 0.05) is 13.1 Å². The third-order valence-corrected chi connectivity index (χ3v) is 6.08. The van der Waals surface area contributed by atoms with Gasteiger partial charge in [0.1, 0.15) is 0 Å². The number of carbonyl (C=O) groups is 1. The first-order valence-electron chi connectivity index (χ1n) is 13.1. The van der Waals surface area contributed by atoms with Crippen molar-refractivity contribution in [2.45, 2.75) is 129 Å². The number of furan rings is 1. The highest BCUT2D eigenvalue weighted by molar-refractivity contribution is 5.91. The smallest absolute Gasteiger partial charge is 0.289 e. The van der Waals surface area contributed by atoms with E-state index < -0.39 is 0 Å². The van der Waals surface area contributed by atoms with Crippen molar-refractivity contribution in [2.24, 2.45) is 0 Å². The average molecular weight is 420 g/mol. The molecule has 1 aromatic rings. The Morgan fingerprint density at radius 1 is 0.667 bits per heavy atom. The lowest BCUT2D eigenvalue weighted by molar-refractivity contribution is 0.0718. The Bertz CT molecular complexity index is 483. The molecule has 0 bridgehead atoms. The lowest BCUT2D eigenvalue weighted by Gasteiger charge is -2.21. The molecule has 1 aromatic heterocycles. The van der Waals surface area contributed by atoms with Crippen LogP contribution in [0.15, 0.2) is 22.8 Å². The van der Waals surface area contributed by atoms with E-state index in [9.17, 15) is 4.79 Å². The summed E-state index contributed by atoms with van der Waals surface area (Å²) >= 11 is 0. The van der Waals surface area contributed by atoms with Gasteiger partial charge in [-0.1, -0.05) is 117 Å². The highest BCUT2D eigenvalue weighted by Crippen LogP contribution is 2.14. The predicted octanol–water partition coefficient (Wildman–Crippen LogP) is 8.78. The van der Waals surface area contributed by atoms with Crippen LogP contribution in [0.5, 0.6) is 0 Å².